The van der Waals surface area contributed by atoms with Crippen LogP contribution < -0.4 is 20.9 Å². The second-order valence-electron chi connectivity index (χ2n) is 14.6. The number of Topliss-reactive ketones (excluding diaryl/α,β-unsaturated/α-hetero) is 1. The minimum atomic E-state index is -1.07. The zero-order valence-corrected chi connectivity index (χ0v) is 30.8. The van der Waals surface area contributed by atoms with Gasteiger partial charge in [0.05, 0.1) is 36.5 Å². The van der Waals surface area contributed by atoms with E-state index >= 15 is 0 Å². The molecule has 0 saturated carbocycles. The van der Waals surface area contributed by atoms with Crippen LogP contribution in [0.2, 0.25) is 0 Å². The molecule has 0 unspecified atom stereocenters. The number of fused-ring (bicyclic) bond motifs is 5. The van der Waals surface area contributed by atoms with E-state index in [9.17, 15) is 20.1 Å². The van der Waals surface area contributed by atoms with E-state index in [1.54, 1.807) is 0 Å². The van der Waals surface area contributed by atoms with Gasteiger partial charge in [0.2, 0.25) is 0 Å². The third kappa shape index (κ3) is 9.21. The summed E-state index contributed by atoms with van der Waals surface area (Å²) in [6, 6.07) is 11.2. The Kier molecular flexibility index (Phi) is 12.7. The minimum absolute atomic E-state index is 0.000581. The van der Waals surface area contributed by atoms with Crippen LogP contribution >= 0.6 is 0 Å². The van der Waals surface area contributed by atoms with Crippen LogP contribution in [0.4, 0.5) is 0 Å². The number of benzene rings is 2. The number of hydrogen-bond acceptors (Lipinski definition) is 10. The lowest BCUT2D eigenvalue weighted by molar-refractivity contribution is -0.127. The summed E-state index contributed by atoms with van der Waals surface area (Å²) in [7, 11) is 0. The molecule has 2 bridgehead atoms. The lowest BCUT2D eigenvalue weighted by Crippen LogP contribution is -2.41. The number of aliphatic hydroxyl groups excluding tert-OH is 3. The quantitative estimate of drug-likeness (QED) is 0.101. The summed E-state index contributed by atoms with van der Waals surface area (Å²) in [4.78, 5) is 20.4. The number of aliphatic hydroxyl groups is 3. The number of carbonyl (C=O) groups is 1. The summed E-state index contributed by atoms with van der Waals surface area (Å²) in [6.07, 6.45) is 9.60. The highest BCUT2D eigenvalue weighted by Gasteiger charge is 2.36. The largest absolute Gasteiger partial charge is 0.465 e. The second kappa shape index (κ2) is 17.6. The van der Waals surface area contributed by atoms with Gasteiger partial charge in [-0.15, -0.1) is 0 Å². The molecule has 53 heavy (non-hydrogen) atoms. The SMILES string of the molecule is CCCCC[C@H](C(=O)CCc1ccc2c(c1)O[C@H]1[C@H](C#C[C@@H](O)c3ccc(C(N)N)cc3CC3=CN=C4CN1C=C34)CC#CO2)[C@H](O)C[C@H](O)CCC. The van der Waals surface area contributed by atoms with Crippen molar-refractivity contribution in [1.82, 2.24) is 4.90 Å². The van der Waals surface area contributed by atoms with Crippen molar-refractivity contribution in [2.24, 2.45) is 28.3 Å². The summed E-state index contributed by atoms with van der Waals surface area (Å²) in [5, 5.41) is 32.8. The summed E-state index contributed by atoms with van der Waals surface area (Å²) in [5.74, 6) is 9.47. The first-order chi connectivity index (χ1) is 25.6. The third-order valence-electron chi connectivity index (χ3n) is 10.6. The monoisotopic (exact) mass is 720 g/mol. The maximum Gasteiger partial charge on any atom is 0.187 e. The molecule has 7 N–H and O–H groups in total. The predicted octanol–water partition coefficient (Wildman–Crippen LogP) is 5.11. The first kappa shape index (κ1) is 38.3. The molecule has 0 aromatic heterocycles. The number of unbranched alkanes of at least 4 members (excludes halogenated alkanes) is 2. The second-order valence-corrected chi connectivity index (χ2v) is 14.6. The Labute approximate surface area is 313 Å². The molecule has 10 heteroatoms. The van der Waals surface area contributed by atoms with Crippen molar-refractivity contribution in [2.75, 3.05) is 6.54 Å². The Balaban J connectivity index is 1.26. The molecule has 6 atom stereocenters. The molecular weight excluding hydrogens is 668 g/mol. The van der Waals surface area contributed by atoms with Crippen LogP contribution in [0.5, 0.6) is 11.5 Å². The molecule has 10 nitrogen and oxygen atoms in total. The zero-order chi connectivity index (χ0) is 37.5. The number of carbonyl (C=O) groups excluding carboxylic acids is 1. The molecule has 2 aromatic rings. The number of nitrogens with zero attached hydrogens (tertiary/aromatic N) is 2. The number of ether oxygens (including phenoxy) is 2. The van der Waals surface area contributed by atoms with Gasteiger partial charge in [-0.3, -0.25) is 9.79 Å². The topological polar surface area (TPSA) is 164 Å². The molecule has 0 radical (unpaired) electrons. The van der Waals surface area contributed by atoms with Gasteiger partial charge in [0, 0.05) is 43.2 Å². The van der Waals surface area contributed by atoms with Crippen LogP contribution in [-0.2, 0) is 17.6 Å². The van der Waals surface area contributed by atoms with E-state index in [1.165, 1.54) is 0 Å². The summed E-state index contributed by atoms with van der Waals surface area (Å²) in [5.41, 5.74) is 18.2. The van der Waals surface area contributed by atoms with Gasteiger partial charge in [-0.2, -0.15) is 0 Å². The van der Waals surface area contributed by atoms with Gasteiger partial charge in [0.1, 0.15) is 18.0 Å². The average Bonchev–Trinajstić information content (AvgIpc) is 3.74. The standard InChI is InChI=1S/C43H52N4O6/c1-3-5-6-10-34(39(51)23-32(48)8-4-2)38(50)16-11-27-12-18-40-41(20-27)53-43-28(9-7-19-52-40)14-17-37(49)33-15-13-29(42(44)45)21-30(33)22-31-24-46-36-26-47(43)25-35(31)36/h12-13,15,18,20-21,24-25,28,32,34,37,39,42-43,48-49,51H,3-6,8-11,16,22-23,26,44-45H2,1-2H3/t28-,32+,34+,37+,39+,43-/m0/s1. The fraction of sp³-hybridized carbons (Fsp3) is 0.488. The van der Waals surface area contributed by atoms with Crippen molar-refractivity contribution in [3.05, 3.63) is 82.2 Å². The van der Waals surface area contributed by atoms with Gasteiger partial charge in [-0.25, -0.2) is 0 Å². The molecule has 2 aromatic carbocycles. The van der Waals surface area contributed by atoms with Gasteiger partial charge in [0.15, 0.2) is 17.7 Å². The zero-order valence-electron chi connectivity index (χ0n) is 30.8. The molecule has 0 aliphatic carbocycles. The Hall–Kier alpha value is -4.42. The highest BCUT2D eigenvalue weighted by atomic mass is 16.5. The fourth-order valence-corrected chi connectivity index (χ4v) is 7.56. The van der Waals surface area contributed by atoms with E-state index in [0.717, 1.165) is 59.2 Å². The Morgan fingerprint density at radius 3 is 2.70 bits per heavy atom. The van der Waals surface area contributed by atoms with Crippen molar-refractivity contribution < 1.29 is 29.6 Å². The van der Waals surface area contributed by atoms with Gasteiger partial charge in [-0.1, -0.05) is 81.6 Å². The minimum Gasteiger partial charge on any atom is -0.465 e. The van der Waals surface area contributed by atoms with Crippen LogP contribution in [0.25, 0.3) is 0 Å². The van der Waals surface area contributed by atoms with E-state index in [0.29, 0.717) is 55.7 Å². The molecule has 4 aliphatic rings. The van der Waals surface area contributed by atoms with Crippen molar-refractivity contribution in [1.29, 1.82) is 0 Å². The highest BCUT2D eigenvalue weighted by molar-refractivity contribution is 6.09. The van der Waals surface area contributed by atoms with E-state index in [-0.39, 0.29) is 18.6 Å². The maximum absolute atomic E-state index is 13.6. The van der Waals surface area contributed by atoms with E-state index in [4.69, 9.17) is 25.9 Å². The number of nitrogens with two attached hydrogens (primary N) is 2. The number of ketones is 1. The predicted molar refractivity (Wildman–Crippen MR) is 204 cm³/mol. The highest BCUT2D eigenvalue weighted by Crippen LogP contribution is 2.37. The number of allylic oxidation sites excluding steroid dienone is 1. The van der Waals surface area contributed by atoms with E-state index in [2.05, 4.69) is 41.9 Å². The Bertz CT molecular complexity index is 1880. The molecule has 280 valence electrons. The molecular formula is C43H52N4O6. The lowest BCUT2D eigenvalue weighted by atomic mass is 9.85. The van der Waals surface area contributed by atoms with Crippen molar-refractivity contribution in [3.8, 4) is 35.4 Å². The number of hydrogen-bond donors (Lipinski definition) is 5. The van der Waals surface area contributed by atoms with Crippen LogP contribution in [0, 0.1) is 35.7 Å². The van der Waals surface area contributed by atoms with Crippen LogP contribution in [0.3, 0.4) is 0 Å². The third-order valence-corrected chi connectivity index (χ3v) is 10.6. The van der Waals surface area contributed by atoms with Crippen molar-refractivity contribution >= 4 is 11.5 Å². The van der Waals surface area contributed by atoms with Gasteiger partial charge in [-0.05, 0) is 65.6 Å². The molecule has 4 heterocycles. The van der Waals surface area contributed by atoms with Crippen LogP contribution in [0.1, 0.15) is 106 Å². The number of aryl methyl sites for hydroxylation is 1. The molecule has 0 saturated heterocycles. The van der Waals surface area contributed by atoms with Gasteiger partial charge < -0.3 is 41.2 Å². The molecule has 0 fully saturated rings. The molecule has 0 spiro atoms. The first-order valence-electron chi connectivity index (χ1n) is 19.0. The lowest BCUT2D eigenvalue weighted by Gasteiger charge is -2.32. The van der Waals surface area contributed by atoms with Crippen LogP contribution in [-0.4, -0.2) is 56.7 Å². The van der Waals surface area contributed by atoms with Crippen molar-refractivity contribution in [2.45, 2.75) is 115 Å². The smallest absolute Gasteiger partial charge is 0.187 e. The van der Waals surface area contributed by atoms with Gasteiger partial charge in [0.25, 0.3) is 0 Å². The molecule has 4 aliphatic heterocycles. The maximum atomic E-state index is 13.6. The number of aliphatic imine (C=N–C) groups is 1. The number of rotatable bonds is 14. The Morgan fingerprint density at radius 1 is 1.06 bits per heavy atom. The van der Waals surface area contributed by atoms with Crippen molar-refractivity contribution in [3.63, 3.8) is 0 Å². The van der Waals surface area contributed by atoms with E-state index in [1.807, 2.05) is 49.5 Å². The fourth-order valence-electron chi connectivity index (χ4n) is 7.56. The Morgan fingerprint density at radius 2 is 1.91 bits per heavy atom. The molecule has 6 rings (SSSR count). The summed E-state index contributed by atoms with van der Waals surface area (Å²) in [6.45, 7) is 4.61. The summed E-state index contributed by atoms with van der Waals surface area (Å²) >= 11 is 0. The van der Waals surface area contributed by atoms with E-state index < -0.39 is 42.5 Å². The van der Waals surface area contributed by atoms with Gasteiger partial charge >= 0.3 is 0 Å². The normalized spacial score (nSPS) is 21.6. The average molecular weight is 721 g/mol. The summed E-state index contributed by atoms with van der Waals surface area (Å²) < 4.78 is 12.7. The first-order valence-corrected chi connectivity index (χ1v) is 19.0. The molecule has 0 amide bonds. The van der Waals surface area contributed by atoms with Crippen LogP contribution in [0.15, 0.2) is 64.9 Å².